The summed E-state index contributed by atoms with van der Waals surface area (Å²) in [7, 11) is 0. The minimum atomic E-state index is 0. The molecule has 80 valence electrons. The summed E-state index contributed by atoms with van der Waals surface area (Å²) in [5.41, 5.74) is 1.36. The molecule has 0 bridgehead atoms. The topological polar surface area (TPSA) is 52.8 Å². The Labute approximate surface area is 110 Å². The van der Waals surface area contributed by atoms with E-state index in [1.54, 1.807) is 12.3 Å². The van der Waals surface area contributed by atoms with E-state index in [4.69, 9.17) is 0 Å². The van der Waals surface area contributed by atoms with Gasteiger partial charge in [0.15, 0.2) is 0 Å². The molecule has 0 unspecified atom stereocenters. The van der Waals surface area contributed by atoms with Gasteiger partial charge in [-0.3, -0.25) is 10.2 Å². The van der Waals surface area contributed by atoms with Crippen molar-refractivity contribution in [3.8, 4) is 0 Å². The average molecular weight is 417 g/mol. The molecule has 0 N–H and O–H groups in total. The van der Waals surface area contributed by atoms with Gasteiger partial charge >= 0.3 is 0 Å². The molecule has 0 radical (unpaired) electrons. The van der Waals surface area contributed by atoms with E-state index in [-0.39, 0.29) is 60.8 Å². The number of aromatic nitrogens is 4. The summed E-state index contributed by atoms with van der Waals surface area (Å²) < 4.78 is 0. The van der Waals surface area contributed by atoms with Gasteiger partial charge in [0.05, 0.1) is 0 Å². The quantitative estimate of drug-likeness (QED) is 0.614. The van der Waals surface area contributed by atoms with Gasteiger partial charge in [0.25, 0.3) is 0 Å². The molecule has 2 aromatic heterocycles. The SMILES string of the molecule is [CH3-].[CH3-].[CH3-].[CH3-].[U].c1cnc2[n-]nnc2c1. The Morgan fingerprint density at radius 3 is 2.29 bits per heavy atom. The van der Waals surface area contributed by atoms with E-state index in [0.29, 0.717) is 5.65 Å². The number of fused-ring (bicyclic) bond motifs is 1. The van der Waals surface area contributed by atoms with Crippen LogP contribution in [-0.2, 0) is 0 Å². The molecule has 0 saturated heterocycles. The van der Waals surface area contributed by atoms with E-state index < -0.39 is 0 Å². The molecule has 4 nitrogen and oxygen atoms in total. The van der Waals surface area contributed by atoms with Crippen LogP contribution in [0.3, 0.4) is 0 Å². The molecule has 0 spiro atoms. The maximum absolute atomic E-state index is 3.91. The standard InChI is InChI=1S/C5H3N4.4CH3.U/c1-2-4-5(6-3-1)8-9-7-4;;;;;/h1-3H;4*1H3;/q5*-1;. The van der Waals surface area contributed by atoms with Crippen molar-refractivity contribution in [2.24, 2.45) is 0 Å². The van der Waals surface area contributed by atoms with Crippen molar-refractivity contribution in [2.45, 2.75) is 0 Å². The van der Waals surface area contributed by atoms with Crippen LogP contribution < -0.4 is 5.10 Å². The molecule has 0 saturated carbocycles. The normalized spacial score (nSPS) is 6.57. The summed E-state index contributed by atoms with van der Waals surface area (Å²) in [6.45, 7) is 0. The van der Waals surface area contributed by atoms with Gasteiger partial charge in [0.1, 0.15) is 0 Å². The van der Waals surface area contributed by atoms with Crippen molar-refractivity contribution >= 4 is 11.2 Å². The van der Waals surface area contributed by atoms with Crippen LogP contribution in [0.25, 0.3) is 11.2 Å². The van der Waals surface area contributed by atoms with Gasteiger partial charge in [0, 0.05) is 42.3 Å². The first-order valence-corrected chi connectivity index (χ1v) is 2.53. The third-order valence-corrected chi connectivity index (χ3v) is 1.06. The van der Waals surface area contributed by atoms with Crippen molar-refractivity contribution in [3.05, 3.63) is 48.0 Å². The third-order valence-electron chi connectivity index (χ3n) is 1.06. The first-order chi connectivity index (χ1) is 4.47. The largest absolute Gasteiger partial charge is 0.367 e. The van der Waals surface area contributed by atoms with E-state index in [0.717, 1.165) is 5.52 Å². The zero-order chi connectivity index (χ0) is 6.10. The smallest absolute Gasteiger partial charge is 0.0397 e. The van der Waals surface area contributed by atoms with Gasteiger partial charge in [-0.2, -0.15) is 5.21 Å². The maximum Gasteiger partial charge on any atom is 0.0397 e. The average Bonchev–Trinajstić information content (AvgIpc) is 2.33. The fraction of sp³-hybridized carbons (Fsp3) is 0. The summed E-state index contributed by atoms with van der Waals surface area (Å²) in [6, 6.07) is 3.63. The molecule has 0 aromatic carbocycles. The van der Waals surface area contributed by atoms with Crippen LogP contribution in [0.4, 0.5) is 0 Å². The maximum atomic E-state index is 3.91. The van der Waals surface area contributed by atoms with Gasteiger partial charge in [0.2, 0.25) is 0 Å². The second-order valence-electron chi connectivity index (χ2n) is 1.64. The second-order valence-corrected chi connectivity index (χ2v) is 1.64. The zero-order valence-corrected chi connectivity index (χ0v) is 13.2. The Hall–Kier alpha value is -0.398. The molecule has 2 rings (SSSR count). The molecule has 14 heavy (non-hydrogen) atoms. The molecule has 0 aliphatic heterocycles. The molecular formula is C9H15N4U-5. The van der Waals surface area contributed by atoms with E-state index in [1.165, 1.54) is 0 Å². The van der Waals surface area contributed by atoms with Crippen molar-refractivity contribution in [1.29, 1.82) is 0 Å². The number of rotatable bonds is 0. The van der Waals surface area contributed by atoms with Crippen molar-refractivity contribution in [1.82, 2.24) is 20.4 Å². The Balaban J connectivity index is -0.0000001000. The fourth-order valence-corrected chi connectivity index (χ4v) is 0.656. The number of nitrogens with zero attached hydrogens (tertiary/aromatic N) is 4. The summed E-state index contributed by atoms with van der Waals surface area (Å²) in [4.78, 5) is 3.91. The van der Waals surface area contributed by atoms with Crippen molar-refractivity contribution < 1.29 is 31.1 Å². The number of hydrogen-bond acceptors (Lipinski definition) is 3. The van der Waals surface area contributed by atoms with Gasteiger partial charge in [-0.15, -0.1) is 0 Å². The monoisotopic (exact) mass is 417 g/mol. The molecule has 0 aliphatic carbocycles. The van der Waals surface area contributed by atoms with Gasteiger partial charge < -0.3 is 34.7 Å². The molecule has 0 amide bonds. The predicted octanol–water partition coefficient (Wildman–Crippen LogP) is 1.78. The first kappa shape index (κ1) is 23.4. The van der Waals surface area contributed by atoms with E-state index >= 15 is 0 Å². The number of hydrogen-bond donors (Lipinski definition) is 0. The molecule has 5 heteroatoms. The minimum Gasteiger partial charge on any atom is -0.367 e. The third kappa shape index (κ3) is 4.73. The van der Waals surface area contributed by atoms with Crippen LogP contribution in [0.5, 0.6) is 0 Å². The Morgan fingerprint density at radius 1 is 1.07 bits per heavy atom. The van der Waals surface area contributed by atoms with Crippen LogP contribution in [0, 0.1) is 60.8 Å². The van der Waals surface area contributed by atoms with E-state index in [2.05, 4.69) is 20.4 Å². The Kier molecular flexibility index (Phi) is 17.9. The second kappa shape index (κ2) is 10.7. The molecule has 2 aromatic rings. The number of pyridine rings is 1. The van der Waals surface area contributed by atoms with E-state index in [1.807, 2.05) is 6.07 Å². The fourth-order valence-electron chi connectivity index (χ4n) is 0.656. The van der Waals surface area contributed by atoms with Crippen LogP contribution in [0.15, 0.2) is 18.3 Å². The van der Waals surface area contributed by atoms with Crippen LogP contribution >= 0.6 is 0 Å². The Morgan fingerprint density at radius 2 is 1.71 bits per heavy atom. The van der Waals surface area contributed by atoms with Crippen LogP contribution in [0.1, 0.15) is 0 Å². The van der Waals surface area contributed by atoms with E-state index in [9.17, 15) is 0 Å². The first-order valence-electron chi connectivity index (χ1n) is 2.53. The zero-order valence-electron chi connectivity index (χ0n) is 9.02. The Bertz CT molecular complexity index is 291. The molecule has 0 aliphatic rings. The molecular weight excluding hydrogens is 402 g/mol. The minimum absolute atomic E-state index is 0. The molecule has 0 atom stereocenters. The van der Waals surface area contributed by atoms with Gasteiger partial charge in [-0.05, 0) is 12.3 Å². The summed E-state index contributed by atoms with van der Waals surface area (Å²) >= 11 is 0. The molecule has 0 fully saturated rings. The van der Waals surface area contributed by atoms with Gasteiger partial charge in [-0.1, -0.05) is 6.07 Å². The summed E-state index contributed by atoms with van der Waals surface area (Å²) in [6.07, 6.45) is 1.67. The van der Waals surface area contributed by atoms with Crippen molar-refractivity contribution in [3.63, 3.8) is 0 Å². The molecule has 2 heterocycles. The van der Waals surface area contributed by atoms with Crippen molar-refractivity contribution in [2.75, 3.05) is 0 Å². The van der Waals surface area contributed by atoms with Crippen LogP contribution in [0.2, 0.25) is 0 Å². The summed E-state index contributed by atoms with van der Waals surface area (Å²) in [5.74, 6) is 0. The predicted molar refractivity (Wildman–Crippen MR) is 56.3 cm³/mol. The van der Waals surface area contributed by atoms with Crippen LogP contribution in [-0.4, -0.2) is 15.3 Å². The van der Waals surface area contributed by atoms with Gasteiger partial charge in [-0.25, -0.2) is 0 Å². The summed E-state index contributed by atoms with van der Waals surface area (Å²) in [5, 5.41) is 10.8.